The molecule has 1 saturated heterocycles. The predicted octanol–water partition coefficient (Wildman–Crippen LogP) is 3.76. The molecule has 21 heavy (non-hydrogen) atoms. The number of amides is 1. The molecule has 3 nitrogen and oxygen atoms in total. The van der Waals surface area contributed by atoms with E-state index in [-0.39, 0.29) is 0 Å². The number of rotatable bonds is 5. The largest absolute Gasteiger partial charge is 0.384 e. The second kappa shape index (κ2) is 8.06. The molecule has 0 bridgehead atoms. The Morgan fingerprint density at radius 3 is 2.57 bits per heavy atom. The lowest BCUT2D eigenvalue weighted by molar-refractivity contribution is -0.130. The first kappa shape index (κ1) is 15.9. The molecule has 0 aliphatic carbocycles. The third-order valence-electron chi connectivity index (χ3n) is 4.34. The number of benzene rings is 1. The highest BCUT2D eigenvalue weighted by atomic mass is 16.2. The molecule has 0 radical (unpaired) electrons. The molecule has 0 spiro atoms. The summed E-state index contributed by atoms with van der Waals surface area (Å²) in [6.07, 6.45) is 6.48. The van der Waals surface area contributed by atoms with Gasteiger partial charge in [0.25, 0.3) is 0 Å². The molecule has 0 aromatic heterocycles. The van der Waals surface area contributed by atoms with E-state index in [0.717, 1.165) is 38.9 Å². The van der Waals surface area contributed by atoms with Gasteiger partial charge >= 0.3 is 0 Å². The molecule has 1 amide bonds. The van der Waals surface area contributed by atoms with E-state index in [1.807, 2.05) is 4.90 Å². The van der Waals surface area contributed by atoms with E-state index in [4.69, 9.17) is 0 Å². The average Bonchev–Trinajstić information content (AvgIpc) is 2.77. The van der Waals surface area contributed by atoms with Crippen molar-refractivity contribution in [3.63, 3.8) is 0 Å². The molecule has 3 heteroatoms. The van der Waals surface area contributed by atoms with E-state index in [0.29, 0.717) is 12.3 Å². The lowest BCUT2D eigenvalue weighted by atomic mass is 10.1. The van der Waals surface area contributed by atoms with Gasteiger partial charge in [0.15, 0.2) is 0 Å². The second-order valence-electron chi connectivity index (χ2n) is 5.93. The molecular formula is C18H28N2O. The molecule has 1 aliphatic rings. The summed E-state index contributed by atoms with van der Waals surface area (Å²) in [5, 5.41) is 3.47. The van der Waals surface area contributed by atoms with Gasteiger partial charge in [0.2, 0.25) is 5.91 Å². The van der Waals surface area contributed by atoms with Crippen LogP contribution >= 0.6 is 0 Å². The number of carbonyl (C=O) groups is 1. The maximum Gasteiger partial charge on any atom is 0.224 e. The third kappa shape index (κ3) is 4.48. The Bertz CT molecular complexity index is 462. The van der Waals surface area contributed by atoms with Crippen LogP contribution in [0.15, 0.2) is 18.2 Å². The van der Waals surface area contributed by atoms with Crippen molar-refractivity contribution in [3.8, 4) is 0 Å². The molecule has 116 valence electrons. The normalized spacial score (nSPS) is 15.6. The van der Waals surface area contributed by atoms with Crippen LogP contribution in [0.1, 0.15) is 50.2 Å². The maximum absolute atomic E-state index is 12.3. The summed E-state index contributed by atoms with van der Waals surface area (Å²) in [7, 11) is 0. The summed E-state index contributed by atoms with van der Waals surface area (Å²) in [4.78, 5) is 14.3. The van der Waals surface area contributed by atoms with Gasteiger partial charge in [-0.15, -0.1) is 0 Å². The monoisotopic (exact) mass is 288 g/mol. The molecular weight excluding hydrogens is 260 g/mol. The Labute approximate surface area is 128 Å². The molecule has 1 N–H and O–H groups in total. The molecule has 0 atom stereocenters. The molecule has 2 rings (SSSR count). The third-order valence-corrected chi connectivity index (χ3v) is 4.34. The first-order valence-electron chi connectivity index (χ1n) is 8.32. The van der Waals surface area contributed by atoms with Crippen LogP contribution in [-0.2, 0) is 11.2 Å². The zero-order chi connectivity index (χ0) is 15.1. The first-order chi connectivity index (χ1) is 10.2. The molecule has 1 heterocycles. The van der Waals surface area contributed by atoms with Crippen LogP contribution in [0.4, 0.5) is 5.69 Å². The summed E-state index contributed by atoms with van der Waals surface area (Å²) in [6, 6.07) is 6.38. The fourth-order valence-electron chi connectivity index (χ4n) is 3.05. The van der Waals surface area contributed by atoms with Crippen LogP contribution in [0.3, 0.4) is 0 Å². The number of nitrogens with one attached hydrogen (secondary N) is 1. The van der Waals surface area contributed by atoms with E-state index < -0.39 is 0 Å². The topological polar surface area (TPSA) is 32.3 Å². The second-order valence-corrected chi connectivity index (χ2v) is 5.93. The number of para-hydroxylation sites is 1. The maximum atomic E-state index is 12.3. The summed E-state index contributed by atoms with van der Waals surface area (Å²) >= 11 is 0. The molecule has 0 saturated carbocycles. The van der Waals surface area contributed by atoms with Crippen molar-refractivity contribution in [2.45, 2.75) is 52.4 Å². The Morgan fingerprint density at radius 2 is 1.90 bits per heavy atom. The first-order valence-corrected chi connectivity index (χ1v) is 8.32. The zero-order valence-corrected chi connectivity index (χ0v) is 13.5. The fraction of sp³-hybridized carbons (Fsp3) is 0.611. The number of nitrogens with zero attached hydrogens (tertiary/aromatic N) is 1. The van der Waals surface area contributed by atoms with Crippen LogP contribution < -0.4 is 5.32 Å². The van der Waals surface area contributed by atoms with E-state index >= 15 is 0 Å². The van der Waals surface area contributed by atoms with Crippen LogP contribution in [0.5, 0.6) is 0 Å². The highest BCUT2D eigenvalue weighted by Crippen LogP contribution is 2.21. The quantitative estimate of drug-likeness (QED) is 0.894. The zero-order valence-electron chi connectivity index (χ0n) is 13.5. The predicted molar refractivity (Wildman–Crippen MR) is 88.7 cm³/mol. The minimum Gasteiger partial charge on any atom is -0.384 e. The smallest absolute Gasteiger partial charge is 0.224 e. The Morgan fingerprint density at radius 1 is 1.19 bits per heavy atom. The Kier molecular flexibility index (Phi) is 6.09. The number of carbonyl (C=O) groups excluding carboxylic acids is 1. The molecule has 1 aliphatic heterocycles. The van der Waals surface area contributed by atoms with Crippen molar-refractivity contribution >= 4 is 11.6 Å². The van der Waals surface area contributed by atoms with Crippen LogP contribution in [0, 0.1) is 6.92 Å². The SMILES string of the molecule is CCc1cccc(C)c1NCCC(=O)N1CCCCCC1. The summed E-state index contributed by atoms with van der Waals surface area (Å²) < 4.78 is 0. The van der Waals surface area contributed by atoms with Gasteiger partial charge in [-0.25, -0.2) is 0 Å². The molecule has 1 fully saturated rings. The van der Waals surface area contributed by atoms with E-state index in [9.17, 15) is 4.79 Å². The number of anilines is 1. The lowest BCUT2D eigenvalue weighted by Crippen LogP contribution is -2.33. The van der Waals surface area contributed by atoms with Crippen molar-refractivity contribution < 1.29 is 4.79 Å². The molecule has 1 aromatic rings. The van der Waals surface area contributed by atoms with Crippen LogP contribution in [0.25, 0.3) is 0 Å². The van der Waals surface area contributed by atoms with Gasteiger partial charge in [-0.2, -0.15) is 0 Å². The summed E-state index contributed by atoms with van der Waals surface area (Å²) in [5.41, 5.74) is 3.80. The van der Waals surface area contributed by atoms with Crippen molar-refractivity contribution in [2.75, 3.05) is 25.0 Å². The minimum atomic E-state index is 0.302. The highest BCUT2D eigenvalue weighted by Gasteiger charge is 2.15. The fourth-order valence-corrected chi connectivity index (χ4v) is 3.05. The molecule has 1 aromatic carbocycles. The highest BCUT2D eigenvalue weighted by molar-refractivity contribution is 5.77. The van der Waals surface area contributed by atoms with Crippen molar-refractivity contribution in [2.24, 2.45) is 0 Å². The van der Waals surface area contributed by atoms with Gasteiger partial charge in [-0.05, 0) is 37.3 Å². The van der Waals surface area contributed by atoms with Gasteiger partial charge in [-0.1, -0.05) is 38.0 Å². The number of hydrogen-bond acceptors (Lipinski definition) is 2. The van der Waals surface area contributed by atoms with Crippen LogP contribution in [0.2, 0.25) is 0 Å². The van der Waals surface area contributed by atoms with Crippen molar-refractivity contribution in [3.05, 3.63) is 29.3 Å². The van der Waals surface area contributed by atoms with Crippen LogP contribution in [-0.4, -0.2) is 30.4 Å². The van der Waals surface area contributed by atoms with Gasteiger partial charge < -0.3 is 10.2 Å². The average molecular weight is 288 g/mol. The van der Waals surface area contributed by atoms with Gasteiger partial charge in [0, 0.05) is 31.7 Å². The number of hydrogen-bond donors (Lipinski definition) is 1. The number of likely N-dealkylation sites (tertiary alicyclic amines) is 1. The van der Waals surface area contributed by atoms with Gasteiger partial charge in [0.05, 0.1) is 0 Å². The van der Waals surface area contributed by atoms with E-state index in [1.165, 1.54) is 29.7 Å². The lowest BCUT2D eigenvalue weighted by Gasteiger charge is -2.21. The molecule has 0 unspecified atom stereocenters. The van der Waals surface area contributed by atoms with Crippen molar-refractivity contribution in [1.29, 1.82) is 0 Å². The van der Waals surface area contributed by atoms with E-state index in [1.54, 1.807) is 0 Å². The Hall–Kier alpha value is -1.51. The number of aryl methyl sites for hydroxylation is 2. The Balaban J connectivity index is 1.85. The summed E-state index contributed by atoms with van der Waals surface area (Å²) in [6.45, 7) is 6.92. The summed E-state index contributed by atoms with van der Waals surface area (Å²) in [5.74, 6) is 0.302. The van der Waals surface area contributed by atoms with E-state index in [2.05, 4.69) is 37.4 Å². The minimum absolute atomic E-state index is 0.302. The standard InChI is InChI=1S/C18H28N2O/c1-3-16-10-8-9-15(2)18(16)19-12-11-17(21)20-13-6-4-5-7-14-20/h8-10,19H,3-7,11-14H2,1-2H3. The van der Waals surface area contributed by atoms with Crippen molar-refractivity contribution in [1.82, 2.24) is 4.90 Å². The van der Waals surface area contributed by atoms with Gasteiger partial charge in [-0.3, -0.25) is 4.79 Å². The van der Waals surface area contributed by atoms with Gasteiger partial charge in [0.1, 0.15) is 0 Å².